The summed E-state index contributed by atoms with van der Waals surface area (Å²) in [5, 5.41) is 6.67. The first-order valence-electron chi connectivity index (χ1n) is 8.00. The molecule has 0 saturated heterocycles. The highest BCUT2D eigenvalue weighted by atomic mass is 79.9. The van der Waals surface area contributed by atoms with E-state index in [9.17, 15) is 9.59 Å². The molecule has 0 radical (unpaired) electrons. The summed E-state index contributed by atoms with van der Waals surface area (Å²) in [6.07, 6.45) is 0.0853. The third-order valence-electron chi connectivity index (χ3n) is 3.34. The van der Waals surface area contributed by atoms with Gasteiger partial charge in [0, 0.05) is 15.9 Å². The standard InChI is InChI=1S/C19H20BrN3O3/c1-13-10-16(8-9-17(13)20)26-12-19(25)23-22-14(2)11-18(24)21-15-6-4-3-5-7-15/h3-10H,11-12H2,1-2H3,(H,21,24)(H,23,25)/b22-14-. The number of hydrogen-bond acceptors (Lipinski definition) is 4. The first-order valence-corrected chi connectivity index (χ1v) is 8.79. The summed E-state index contributed by atoms with van der Waals surface area (Å²) in [7, 11) is 0. The van der Waals surface area contributed by atoms with Crippen LogP contribution in [0.1, 0.15) is 18.9 Å². The van der Waals surface area contributed by atoms with Crippen molar-refractivity contribution in [3.63, 3.8) is 0 Å². The maximum atomic E-state index is 11.9. The molecule has 6 nitrogen and oxygen atoms in total. The number of nitrogens with zero attached hydrogens (tertiary/aromatic N) is 1. The molecule has 2 N–H and O–H groups in total. The number of halogens is 1. The van der Waals surface area contributed by atoms with Crippen molar-refractivity contribution in [1.82, 2.24) is 5.43 Å². The van der Waals surface area contributed by atoms with E-state index in [0.717, 1.165) is 10.0 Å². The monoisotopic (exact) mass is 417 g/mol. The molecule has 0 saturated carbocycles. The minimum absolute atomic E-state index is 0.0853. The molecule has 0 aliphatic heterocycles. The Hall–Kier alpha value is -2.67. The van der Waals surface area contributed by atoms with Gasteiger partial charge in [0.1, 0.15) is 5.75 Å². The van der Waals surface area contributed by atoms with Gasteiger partial charge in [-0.2, -0.15) is 5.10 Å². The van der Waals surface area contributed by atoms with E-state index in [0.29, 0.717) is 17.1 Å². The third kappa shape index (κ3) is 6.68. The first kappa shape index (κ1) is 19.7. The van der Waals surface area contributed by atoms with Gasteiger partial charge in [-0.25, -0.2) is 5.43 Å². The number of para-hydroxylation sites is 1. The van der Waals surface area contributed by atoms with Crippen LogP contribution in [0.4, 0.5) is 5.69 Å². The van der Waals surface area contributed by atoms with Crippen LogP contribution in [0, 0.1) is 6.92 Å². The predicted octanol–water partition coefficient (Wildman–Crippen LogP) is 3.66. The average Bonchev–Trinajstić information content (AvgIpc) is 2.61. The second kappa shape index (κ2) is 9.72. The molecule has 7 heteroatoms. The summed E-state index contributed by atoms with van der Waals surface area (Å²) in [6, 6.07) is 14.6. The van der Waals surface area contributed by atoms with Gasteiger partial charge in [-0.15, -0.1) is 0 Å². The molecule has 0 heterocycles. The van der Waals surface area contributed by atoms with Crippen LogP contribution >= 0.6 is 15.9 Å². The molecule has 0 aliphatic carbocycles. The van der Waals surface area contributed by atoms with Crippen LogP contribution in [-0.2, 0) is 9.59 Å². The quantitative estimate of drug-likeness (QED) is 0.532. The molecule has 0 aliphatic rings. The number of benzene rings is 2. The highest BCUT2D eigenvalue weighted by molar-refractivity contribution is 9.10. The minimum atomic E-state index is -0.395. The number of rotatable bonds is 7. The zero-order valence-electron chi connectivity index (χ0n) is 14.6. The molecule has 2 amide bonds. The van der Waals surface area contributed by atoms with E-state index in [-0.39, 0.29) is 18.9 Å². The van der Waals surface area contributed by atoms with Crippen molar-refractivity contribution in [3.05, 3.63) is 58.6 Å². The van der Waals surface area contributed by atoms with E-state index in [2.05, 4.69) is 31.8 Å². The highest BCUT2D eigenvalue weighted by Crippen LogP contribution is 2.21. The Balaban J connectivity index is 1.75. The van der Waals surface area contributed by atoms with Gasteiger partial charge in [0.15, 0.2) is 6.61 Å². The lowest BCUT2D eigenvalue weighted by molar-refractivity contribution is -0.123. The van der Waals surface area contributed by atoms with E-state index < -0.39 is 5.91 Å². The molecule has 0 bridgehead atoms. The maximum Gasteiger partial charge on any atom is 0.277 e. The molecule has 136 valence electrons. The van der Waals surface area contributed by atoms with Gasteiger partial charge in [0.2, 0.25) is 5.91 Å². The Morgan fingerprint density at radius 2 is 1.85 bits per heavy atom. The molecule has 0 fully saturated rings. The van der Waals surface area contributed by atoms with Crippen LogP contribution in [0.2, 0.25) is 0 Å². The van der Waals surface area contributed by atoms with Crippen LogP contribution in [0.5, 0.6) is 5.75 Å². The van der Waals surface area contributed by atoms with E-state index in [1.807, 2.05) is 37.3 Å². The molecule has 26 heavy (non-hydrogen) atoms. The molecule has 0 aromatic heterocycles. The minimum Gasteiger partial charge on any atom is -0.484 e. The molecular formula is C19H20BrN3O3. The van der Waals surface area contributed by atoms with Gasteiger partial charge in [-0.1, -0.05) is 34.1 Å². The van der Waals surface area contributed by atoms with Crippen molar-refractivity contribution < 1.29 is 14.3 Å². The second-order valence-corrected chi connectivity index (χ2v) is 6.53. The topological polar surface area (TPSA) is 79.8 Å². The van der Waals surface area contributed by atoms with Crippen molar-refractivity contribution in [3.8, 4) is 5.75 Å². The summed E-state index contributed by atoms with van der Waals surface area (Å²) < 4.78 is 6.39. The van der Waals surface area contributed by atoms with Crippen LogP contribution in [0.25, 0.3) is 0 Å². The molecule has 2 rings (SSSR count). The molecular weight excluding hydrogens is 398 g/mol. The average molecular weight is 418 g/mol. The molecule has 0 atom stereocenters. The molecule has 0 unspecified atom stereocenters. The number of nitrogens with one attached hydrogen (secondary N) is 2. The Bertz CT molecular complexity index is 807. The number of ether oxygens (including phenoxy) is 1. The number of carbonyl (C=O) groups is 2. The largest absolute Gasteiger partial charge is 0.484 e. The number of carbonyl (C=O) groups excluding carboxylic acids is 2. The van der Waals surface area contributed by atoms with E-state index >= 15 is 0 Å². The van der Waals surface area contributed by atoms with Gasteiger partial charge in [0.05, 0.1) is 6.42 Å². The SMILES string of the molecule is C/C(CC(=O)Nc1ccccc1)=N/NC(=O)COc1ccc(Br)c(C)c1. The summed E-state index contributed by atoms with van der Waals surface area (Å²) in [4.78, 5) is 23.7. The summed E-state index contributed by atoms with van der Waals surface area (Å²) >= 11 is 3.41. The third-order valence-corrected chi connectivity index (χ3v) is 4.23. The second-order valence-electron chi connectivity index (χ2n) is 5.67. The van der Waals surface area contributed by atoms with E-state index in [1.165, 1.54) is 0 Å². The summed E-state index contributed by atoms with van der Waals surface area (Å²) in [5.74, 6) is 0.00506. The van der Waals surface area contributed by atoms with Gasteiger partial charge >= 0.3 is 0 Å². The van der Waals surface area contributed by atoms with Crippen LogP contribution in [0.15, 0.2) is 58.1 Å². The van der Waals surface area contributed by atoms with Crippen molar-refractivity contribution >= 4 is 39.1 Å². The summed E-state index contributed by atoms with van der Waals surface area (Å²) in [5.41, 5.74) is 4.60. The number of anilines is 1. The molecule has 2 aromatic carbocycles. The lowest BCUT2D eigenvalue weighted by atomic mass is 10.2. The Morgan fingerprint density at radius 3 is 2.54 bits per heavy atom. The lowest BCUT2D eigenvalue weighted by Crippen LogP contribution is -2.26. The zero-order valence-corrected chi connectivity index (χ0v) is 16.2. The fraction of sp³-hybridized carbons (Fsp3) is 0.211. The number of amides is 2. The smallest absolute Gasteiger partial charge is 0.277 e. The van der Waals surface area contributed by atoms with Gasteiger partial charge in [-0.05, 0) is 49.7 Å². The number of hydrogen-bond donors (Lipinski definition) is 2. The molecule has 0 spiro atoms. The van der Waals surface area contributed by atoms with Crippen LogP contribution in [0.3, 0.4) is 0 Å². The number of hydrazone groups is 1. The fourth-order valence-corrected chi connectivity index (χ4v) is 2.29. The van der Waals surface area contributed by atoms with Crippen molar-refractivity contribution in [2.45, 2.75) is 20.3 Å². The van der Waals surface area contributed by atoms with E-state index in [1.54, 1.807) is 25.1 Å². The van der Waals surface area contributed by atoms with Crippen LogP contribution < -0.4 is 15.5 Å². The highest BCUT2D eigenvalue weighted by Gasteiger charge is 2.06. The summed E-state index contributed by atoms with van der Waals surface area (Å²) in [6.45, 7) is 3.45. The number of aryl methyl sites for hydroxylation is 1. The normalized spacial score (nSPS) is 11.0. The van der Waals surface area contributed by atoms with Crippen molar-refractivity contribution in [2.24, 2.45) is 5.10 Å². The van der Waals surface area contributed by atoms with Crippen molar-refractivity contribution in [1.29, 1.82) is 0 Å². The first-order chi connectivity index (χ1) is 12.4. The zero-order chi connectivity index (χ0) is 18.9. The van der Waals surface area contributed by atoms with Crippen LogP contribution in [-0.4, -0.2) is 24.1 Å². The van der Waals surface area contributed by atoms with E-state index in [4.69, 9.17) is 4.74 Å². The Morgan fingerprint density at radius 1 is 1.12 bits per heavy atom. The maximum absolute atomic E-state index is 11.9. The van der Waals surface area contributed by atoms with Gasteiger partial charge in [0.25, 0.3) is 5.91 Å². The van der Waals surface area contributed by atoms with Gasteiger partial charge in [-0.3, -0.25) is 9.59 Å². The van der Waals surface area contributed by atoms with Gasteiger partial charge < -0.3 is 10.1 Å². The lowest BCUT2D eigenvalue weighted by Gasteiger charge is -2.07. The van der Waals surface area contributed by atoms with Crippen molar-refractivity contribution in [2.75, 3.05) is 11.9 Å². The Labute approximate surface area is 160 Å². The molecule has 2 aromatic rings. The fourth-order valence-electron chi connectivity index (χ4n) is 2.04. The predicted molar refractivity (Wildman–Crippen MR) is 105 cm³/mol. The Kier molecular flexibility index (Phi) is 7.35.